The molecule has 0 bridgehead atoms. The summed E-state index contributed by atoms with van der Waals surface area (Å²) in [5, 5.41) is 11.0. The van der Waals surface area contributed by atoms with Gasteiger partial charge >= 0.3 is 0 Å². The molecule has 2 heterocycles. The molecule has 1 aliphatic rings. The molecule has 1 fully saturated rings. The van der Waals surface area contributed by atoms with Crippen LogP contribution in [0.3, 0.4) is 0 Å². The van der Waals surface area contributed by atoms with E-state index in [1.807, 2.05) is 30.2 Å². The van der Waals surface area contributed by atoms with E-state index in [4.69, 9.17) is 0 Å². The maximum absolute atomic E-state index is 4.30. The van der Waals surface area contributed by atoms with E-state index in [1.54, 1.807) is 0 Å². The molecule has 1 aromatic carbocycles. The van der Waals surface area contributed by atoms with E-state index >= 15 is 0 Å². The molecule has 3 rings (SSSR count). The van der Waals surface area contributed by atoms with Gasteiger partial charge in [0.05, 0.1) is 0 Å². The van der Waals surface area contributed by atoms with Crippen molar-refractivity contribution in [2.75, 3.05) is 31.6 Å². The first-order valence-corrected chi connectivity index (χ1v) is 10.0. The van der Waals surface area contributed by atoms with Gasteiger partial charge in [-0.1, -0.05) is 19.1 Å². The second kappa shape index (κ2) is 10.00. The Labute approximate surface area is 162 Å². The number of aryl methyl sites for hydroxylation is 1. The van der Waals surface area contributed by atoms with Gasteiger partial charge in [-0.3, -0.25) is 9.67 Å². The highest BCUT2D eigenvalue weighted by Gasteiger charge is 2.15. The minimum absolute atomic E-state index is 0.774. The van der Waals surface area contributed by atoms with E-state index in [0.717, 1.165) is 37.9 Å². The Kier molecular flexibility index (Phi) is 7.13. The summed E-state index contributed by atoms with van der Waals surface area (Å²) in [4.78, 5) is 6.80. The Balaban J connectivity index is 1.38. The lowest BCUT2D eigenvalue weighted by atomic mass is 9.99. The number of hydrogen-bond acceptors (Lipinski definition) is 3. The van der Waals surface area contributed by atoms with Crippen LogP contribution in [-0.4, -0.2) is 42.4 Å². The van der Waals surface area contributed by atoms with Crippen molar-refractivity contribution in [3.05, 3.63) is 48.3 Å². The summed E-state index contributed by atoms with van der Waals surface area (Å²) in [6.45, 7) is 7.25. The zero-order valence-corrected chi connectivity index (χ0v) is 16.6. The van der Waals surface area contributed by atoms with E-state index in [9.17, 15) is 0 Å². The molecular weight excluding hydrogens is 336 g/mol. The highest BCUT2D eigenvalue weighted by atomic mass is 15.3. The molecule has 2 aromatic rings. The van der Waals surface area contributed by atoms with Crippen molar-refractivity contribution in [1.82, 2.24) is 20.4 Å². The minimum Gasteiger partial charge on any atom is -0.372 e. The van der Waals surface area contributed by atoms with Crippen LogP contribution in [0, 0.1) is 5.92 Å². The summed E-state index contributed by atoms with van der Waals surface area (Å²) < 4.78 is 1.95. The quantitative estimate of drug-likeness (QED) is 0.448. The minimum atomic E-state index is 0.774. The number of nitrogens with one attached hydrogen (secondary N) is 2. The highest BCUT2D eigenvalue weighted by Crippen LogP contribution is 2.23. The zero-order chi connectivity index (χ0) is 18.9. The van der Waals surface area contributed by atoms with Crippen LogP contribution in [0.4, 0.5) is 5.69 Å². The van der Waals surface area contributed by atoms with Gasteiger partial charge in [0.15, 0.2) is 5.96 Å². The molecule has 0 aliphatic carbocycles. The average molecular weight is 369 g/mol. The van der Waals surface area contributed by atoms with E-state index in [1.165, 1.54) is 37.2 Å². The Hall–Kier alpha value is -2.50. The maximum Gasteiger partial charge on any atom is 0.191 e. The maximum atomic E-state index is 4.30. The van der Waals surface area contributed by atoms with Gasteiger partial charge in [-0.25, -0.2) is 0 Å². The van der Waals surface area contributed by atoms with Crippen LogP contribution in [0.2, 0.25) is 0 Å². The zero-order valence-electron chi connectivity index (χ0n) is 16.6. The number of guanidine groups is 1. The molecule has 146 valence electrons. The van der Waals surface area contributed by atoms with E-state index in [-0.39, 0.29) is 0 Å². The largest absolute Gasteiger partial charge is 0.372 e. The smallest absolute Gasteiger partial charge is 0.191 e. The van der Waals surface area contributed by atoms with Crippen LogP contribution in [-0.2, 0) is 13.1 Å². The van der Waals surface area contributed by atoms with E-state index < -0.39 is 0 Å². The molecule has 27 heavy (non-hydrogen) atoms. The molecule has 6 nitrogen and oxygen atoms in total. The third-order valence-corrected chi connectivity index (χ3v) is 5.18. The first-order chi connectivity index (χ1) is 13.2. The molecule has 2 N–H and O–H groups in total. The van der Waals surface area contributed by atoms with Crippen LogP contribution in [0.15, 0.2) is 47.7 Å². The lowest BCUT2D eigenvalue weighted by Gasteiger charge is -2.32. The standard InChI is InChI=1S/C21H32N6/c1-18-9-15-26(16-10-18)20-7-5-19(6-8-20)17-24-21(22-2)23-11-3-13-27-14-4-12-25-27/h4-8,12,14,18H,3,9-11,13,15-17H2,1-2H3,(H2,22,23,24). The summed E-state index contributed by atoms with van der Waals surface area (Å²) in [6, 6.07) is 10.9. The molecule has 0 radical (unpaired) electrons. The van der Waals surface area contributed by atoms with Crippen molar-refractivity contribution >= 4 is 11.6 Å². The van der Waals surface area contributed by atoms with Gasteiger partial charge in [-0.2, -0.15) is 5.10 Å². The molecule has 0 saturated carbocycles. The van der Waals surface area contributed by atoms with Crippen LogP contribution >= 0.6 is 0 Å². The molecule has 1 saturated heterocycles. The predicted octanol–water partition coefficient (Wildman–Crippen LogP) is 2.87. The fourth-order valence-corrected chi connectivity index (χ4v) is 3.38. The number of rotatable bonds is 7. The molecule has 0 unspecified atom stereocenters. The number of nitrogens with zero attached hydrogens (tertiary/aromatic N) is 4. The van der Waals surface area contributed by atoms with Crippen LogP contribution in [0.1, 0.15) is 31.7 Å². The van der Waals surface area contributed by atoms with Gasteiger partial charge in [-0.15, -0.1) is 0 Å². The molecular formula is C21H32N6. The highest BCUT2D eigenvalue weighted by molar-refractivity contribution is 5.79. The molecule has 1 aliphatic heterocycles. The van der Waals surface area contributed by atoms with Gasteiger partial charge < -0.3 is 15.5 Å². The topological polar surface area (TPSA) is 57.5 Å². The van der Waals surface area contributed by atoms with Crippen LogP contribution in [0.5, 0.6) is 0 Å². The summed E-state index contributed by atoms with van der Waals surface area (Å²) in [6.07, 6.45) is 7.40. The van der Waals surface area contributed by atoms with Crippen LogP contribution in [0.25, 0.3) is 0 Å². The van der Waals surface area contributed by atoms with Crippen molar-refractivity contribution in [1.29, 1.82) is 0 Å². The lowest BCUT2D eigenvalue weighted by Crippen LogP contribution is -2.37. The molecule has 0 amide bonds. The fourth-order valence-electron chi connectivity index (χ4n) is 3.38. The number of piperidine rings is 1. The van der Waals surface area contributed by atoms with Crippen molar-refractivity contribution in [3.8, 4) is 0 Å². The molecule has 1 aromatic heterocycles. The summed E-state index contributed by atoms with van der Waals surface area (Å²) >= 11 is 0. The van der Waals surface area contributed by atoms with Gasteiger partial charge in [0.2, 0.25) is 0 Å². The van der Waals surface area contributed by atoms with E-state index in [0.29, 0.717) is 0 Å². The summed E-state index contributed by atoms with van der Waals surface area (Å²) in [5.74, 6) is 1.70. The fraction of sp³-hybridized carbons (Fsp3) is 0.524. The lowest BCUT2D eigenvalue weighted by molar-refractivity contribution is 0.438. The first-order valence-electron chi connectivity index (χ1n) is 10.0. The summed E-state index contributed by atoms with van der Waals surface area (Å²) in [5.41, 5.74) is 2.61. The monoisotopic (exact) mass is 368 g/mol. The van der Waals surface area contributed by atoms with E-state index in [2.05, 4.69) is 56.8 Å². The molecule has 6 heteroatoms. The number of aromatic nitrogens is 2. The molecule has 0 spiro atoms. The number of aliphatic imine (C=N–C) groups is 1. The SMILES string of the molecule is CN=C(NCCCn1cccn1)NCc1ccc(N2CCC(C)CC2)cc1. The van der Waals surface area contributed by atoms with Gasteiger partial charge in [0, 0.05) is 57.9 Å². The Bertz CT molecular complexity index is 684. The summed E-state index contributed by atoms with van der Waals surface area (Å²) in [7, 11) is 1.81. The number of hydrogen-bond donors (Lipinski definition) is 2. The second-order valence-corrected chi connectivity index (χ2v) is 7.31. The van der Waals surface area contributed by atoms with Gasteiger partial charge in [-0.05, 0) is 48.9 Å². The third kappa shape index (κ3) is 6.01. The van der Waals surface area contributed by atoms with Crippen molar-refractivity contribution in [2.45, 2.75) is 39.3 Å². The first kappa shape index (κ1) is 19.3. The predicted molar refractivity (Wildman–Crippen MR) is 112 cm³/mol. The number of benzene rings is 1. The number of anilines is 1. The normalized spacial score (nSPS) is 15.8. The van der Waals surface area contributed by atoms with Gasteiger partial charge in [0.1, 0.15) is 0 Å². The van der Waals surface area contributed by atoms with Crippen molar-refractivity contribution in [3.63, 3.8) is 0 Å². The third-order valence-electron chi connectivity index (χ3n) is 5.18. The molecule has 0 atom stereocenters. The van der Waals surface area contributed by atoms with Crippen molar-refractivity contribution < 1.29 is 0 Å². The van der Waals surface area contributed by atoms with Crippen LogP contribution < -0.4 is 15.5 Å². The second-order valence-electron chi connectivity index (χ2n) is 7.31. The van der Waals surface area contributed by atoms with Crippen molar-refractivity contribution in [2.24, 2.45) is 10.9 Å². The average Bonchev–Trinajstić information content (AvgIpc) is 3.22. The Morgan fingerprint density at radius 3 is 2.63 bits per heavy atom. The van der Waals surface area contributed by atoms with Gasteiger partial charge in [0.25, 0.3) is 0 Å². The Morgan fingerprint density at radius 2 is 1.96 bits per heavy atom. The Morgan fingerprint density at radius 1 is 1.19 bits per heavy atom.